The van der Waals surface area contributed by atoms with Crippen molar-refractivity contribution >= 4 is 0 Å². The molecule has 0 aromatic rings. The standard InChI is InChI=1S/C6H13NO2/c1-8-5-6-9-7-3-2-4-7/h2-6H2,1H3. The van der Waals surface area contributed by atoms with E-state index in [0.717, 1.165) is 13.1 Å². The summed E-state index contributed by atoms with van der Waals surface area (Å²) in [5.41, 5.74) is 0. The molecule has 3 heteroatoms. The van der Waals surface area contributed by atoms with E-state index in [2.05, 4.69) is 0 Å². The van der Waals surface area contributed by atoms with E-state index in [0.29, 0.717) is 13.2 Å². The van der Waals surface area contributed by atoms with Crippen LogP contribution in [0, 0.1) is 0 Å². The van der Waals surface area contributed by atoms with Gasteiger partial charge in [0.15, 0.2) is 0 Å². The summed E-state index contributed by atoms with van der Waals surface area (Å²) in [6.45, 7) is 3.56. The minimum atomic E-state index is 0.691. The quantitative estimate of drug-likeness (QED) is 0.511. The van der Waals surface area contributed by atoms with Crippen molar-refractivity contribution in [2.75, 3.05) is 33.4 Å². The van der Waals surface area contributed by atoms with Gasteiger partial charge in [0, 0.05) is 20.2 Å². The minimum absolute atomic E-state index is 0.691. The van der Waals surface area contributed by atoms with Gasteiger partial charge in [-0.3, -0.25) is 4.84 Å². The van der Waals surface area contributed by atoms with Crippen LogP contribution in [0.3, 0.4) is 0 Å². The molecule has 0 spiro atoms. The van der Waals surface area contributed by atoms with Gasteiger partial charge in [0.25, 0.3) is 0 Å². The molecule has 0 unspecified atom stereocenters. The summed E-state index contributed by atoms with van der Waals surface area (Å²) in [7, 11) is 1.68. The van der Waals surface area contributed by atoms with Gasteiger partial charge in [-0.1, -0.05) is 0 Å². The Balaban J connectivity index is 1.80. The summed E-state index contributed by atoms with van der Waals surface area (Å²) in [5, 5.41) is 1.96. The second kappa shape index (κ2) is 3.82. The van der Waals surface area contributed by atoms with E-state index in [1.54, 1.807) is 7.11 Å². The van der Waals surface area contributed by atoms with E-state index in [9.17, 15) is 0 Å². The number of rotatable bonds is 4. The average molecular weight is 131 g/mol. The molecule has 1 aliphatic rings. The highest BCUT2D eigenvalue weighted by Gasteiger charge is 2.12. The molecule has 54 valence electrons. The van der Waals surface area contributed by atoms with Crippen LogP contribution in [0.1, 0.15) is 6.42 Å². The highest BCUT2D eigenvalue weighted by molar-refractivity contribution is 4.57. The molecule has 3 nitrogen and oxygen atoms in total. The third kappa shape index (κ3) is 2.30. The number of hydroxylamine groups is 2. The van der Waals surface area contributed by atoms with Crippen LogP contribution in [0.15, 0.2) is 0 Å². The second-order valence-corrected chi connectivity index (χ2v) is 2.11. The van der Waals surface area contributed by atoms with Gasteiger partial charge in [0.1, 0.15) is 0 Å². The van der Waals surface area contributed by atoms with Crippen LogP contribution >= 0.6 is 0 Å². The third-order valence-electron chi connectivity index (χ3n) is 1.38. The van der Waals surface area contributed by atoms with E-state index in [4.69, 9.17) is 9.57 Å². The minimum Gasteiger partial charge on any atom is -0.382 e. The molecule has 0 amide bonds. The van der Waals surface area contributed by atoms with Crippen LogP contribution < -0.4 is 0 Å². The molecule has 0 saturated carbocycles. The smallest absolute Gasteiger partial charge is 0.0918 e. The second-order valence-electron chi connectivity index (χ2n) is 2.11. The predicted molar refractivity (Wildman–Crippen MR) is 34.0 cm³/mol. The van der Waals surface area contributed by atoms with Crippen LogP contribution in [-0.4, -0.2) is 38.5 Å². The first-order valence-electron chi connectivity index (χ1n) is 3.30. The van der Waals surface area contributed by atoms with Gasteiger partial charge < -0.3 is 4.74 Å². The molecular weight excluding hydrogens is 118 g/mol. The summed E-state index contributed by atoms with van der Waals surface area (Å²) < 4.78 is 4.81. The molecule has 1 aliphatic heterocycles. The van der Waals surface area contributed by atoms with Crippen molar-refractivity contribution in [1.82, 2.24) is 5.06 Å². The average Bonchev–Trinajstić information content (AvgIpc) is 1.76. The molecule has 0 aliphatic carbocycles. The van der Waals surface area contributed by atoms with Gasteiger partial charge in [-0.25, -0.2) is 0 Å². The topological polar surface area (TPSA) is 21.7 Å². The fraction of sp³-hybridized carbons (Fsp3) is 1.00. The van der Waals surface area contributed by atoms with Crippen LogP contribution in [0.4, 0.5) is 0 Å². The molecule has 0 aromatic carbocycles. The Hall–Kier alpha value is -0.120. The van der Waals surface area contributed by atoms with Gasteiger partial charge in [0.05, 0.1) is 13.2 Å². The van der Waals surface area contributed by atoms with E-state index >= 15 is 0 Å². The van der Waals surface area contributed by atoms with Gasteiger partial charge in [-0.05, 0) is 6.42 Å². The molecule has 0 radical (unpaired) electrons. The molecule has 1 saturated heterocycles. The monoisotopic (exact) mass is 131 g/mol. The largest absolute Gasteiger partial charge is 0.382 e. The Kier molecular flexibility index (Phi) is 2.97. The first-order chi connectivity index (χ1) is 4.43. The van der Waals surface area contributed by atoms with Gasteiger partial charge in [0.2, 0.25) is 0 Å². The SMILES string of the molecule is COCCON1CCC1. The third-order valence-corrected chi connectivity index (χ3v) is 1.38. The van der Waals surface area contributed by atoms with Crippen molar-refractivity contribution in [1.29, 1.82) is 0 Å². The molecule has 0 atom stereocenters. The molecule has 0 aromatic heterocycles. The summed E-state index contributed by atoms with van der Waals surface area (Å²) >= 11 is 0. The molecular formula is C6H13NO2. The lowest BCUT2D eigenvalue weighted by molar-refractivity contribution is -0.202. The molecule has 1 heterocycles. The van der Waals surface area contributed by atoms with Gasteiger partial charge in [-0.2, -0.15) is 5.06 Å². The maximum absolute atomic E-state index is 5.23. The Morgan fingerprint density at radius 1 is 1.33 bits per heavy atom. The van der Waals surface area contributed by atoms with E-state index in [1.165, 1.54) is 6.42 Å². The normalized spacial score (nSPS) is 19.7. The van der Waals surface area contributed by atoms with E-state index in [1.807, 2.05) is 5.06 Å². The fourth-order valence-electron chi connectivity index (χ4n) is 0.666. The van der Waals surface area contributed by atoms with Crippen molar-refractivity contribution in [2.24, 2.45) is 0 Å². The number of hydrogen-bond acceptors (Lipinski definition) is 3. The number of hydrogen-bond donors (Lipinski definition) is 0. The first-order valence-corrected chi connectivity index (χ1v) is 3.30. The van der Waals surface area contributed by atoms with Crippen LogP contribution in [0.5, 0.6) is 0 Å². The summed E-state index contributed by atoms with van der Waals surface area (Å²) in [5.74, 6) is 0. The first kappa shape index (κ1) is 6.99. The molecule has 1 rings (SSSR count). The highest BCUT2D eigenvalue weighted by atomic mass is 16.7. The molecule has 9 heavy (non-hydrogen) atoms. The van der Waals surface area contributed by atoms with Gasteiger partial charge in [-0.15, -0.1) is 0 Å². The summed E-state index contributed by atoms with van der Waals surface area (Å²) in [4.78, 5) is 5.23. The Morgan fingerprint density at radius 3 is 2.56 bits per heavy atom. The molecule has 0 bridgehead atoms. The lowest BCUT2D eigenvalue weighted by Gasteiger charge is -2.29. The van der Waals surface area contributed by atoms with Crippen LogP contribution in [-0.2, 0) is 9.57 Å². The maximum atomic E-state index is 5.23. The molecule has 0 N–H and O–H groups in total. The Morgan fingerprint density at radius 2 is 2.11 bits per heavy atom. The summed E-state index contributed by atoms with van der Waals surface area (Å²) in [6.07, 6.45) is 1.27. The van der Waals surface area contributed by atoms with Gasteiger partial charge >= 0.3 is 0 Å². The van der Waals surface area contributed by atoms with Crippen molar-refractivity contribution in [2.45, 2.75) is 6.42 Å². The maximum Gasteiger partial charge on any atom is 0.0918 e. The van der Waals surface area contributed by atoms with Crippen molar-refractivity contribution in [3.63, 3.8) is 0 Å². The number of ether oxygens (including phenoxy) is 1. The number of nitrogens with zero attached hydrogens (tertiary/aromatic N) is 1. The van der Waals surface area contributed by atoms with Crippen molar-refractivity contribution in [3.8, 4) is 0 Å². The van der Waals surface area contributed by atoms with Crippen molar-refractivity contribution < 1.29 is 9.57 Å². The zero-order chi connectivity index (χ0) is 6.53. The van der Waals surface area contributed by atoms with Crippen molar-refractivity contribution in [3.05, 3.63) is 0 Å². The summed E-state index contributed by atoms with van der Waals surface area (Å²) in [6, 6.07) is 0. The van der Waals surface area contributed by atoms with Crippen LogP contribution in [0.25, 0.3) is 0 Å². The Bertz CT molecular complexity index is 73.5. The number of methoxy groups -OCH3 is 1. The lowest BCUT2D eigenvalue weighted by atomic mass is 10.3. The van der Waals surface area contributed by atoms with E-state index in [-0.39, 0.29) is 0 Å². The zero-order valence-electron chi connectivity index (χ0n) is 5.80. The van der Waals surface area contributed by atoms with E-state index < -0.39 is 0 Å². The van der Waals surface area contributed by atoms with Crippen LogP contribution in [0.2, 0.25) is 0 Å². The predicted octanol–water partition coefficient (Wildman–Crippen LogP) is 0.270. The molecule has 1 fully saturated rings. The lowest BCUT2D eigenvalue weighted by Crippen LogP contribution is -2.37. The highest BCUT2D eigenvalue weighted by Crippen LogP contribution is 2.04. The Labute approximate surface area is 55.5 Å². The fourth-order valence-corrected chi connectivity index (χ4v) is 0.666. The zero-order valence-corrected chi connectivity index (χ0v) is 5.80.